The molecule has 0 saturated carbocycles. The largest absolute Gasteiger partial charge is 0.385 e. The van der Waals surface area contributed by atoms with Gasteiger partial charge < -0.3 is 5.32 Å². The van der Waals surface area contributed by atoms with Gasteiger partial charge in [0.1, 0.15) is 5.82 Å². The molecule has 1 nitrogen and oxygen atoms in total. The third-order valence-electron chi connectivity index (χ3n) is 3.36. The van der Waals surface area contributed by atoms with E-state index < -0.39 is 0 Å². The first-order valence-electron chi connectivity index (χ1n) is 7.34. The number of benzene rings is 1. The van der Waals surface area contributed by atoms with Gasteiger partial charge in [-0.05, 0) is 47.0 Å². The molecule has 0 aliphatic rings. The molecule has 19 heavy (non-hydrogen) atoms. The highest BCUT2D eigenvalue weighted by Crippen LogP contribution is 2.23. The lowest BCUT2D eigenvalue weighted by molar-refractivity contribution is 0.596. The van der Waals surface area contributed by atoms with Crippen LogP contribution in [0, 0.1) is 12.7 Å². The molecular weight excluding hydrogens is 305 g/mol. The maximum atomic E-state index is 13.4. The monoisotopic (exact) mass is 329 g/mol. The summed E-state index contributed by atoms with van der Waals surface area (Å²) in [5, 5.41) is 3.32. The van der Waals surface area contributed by atoms with Gasteiger partial charge in [0.25, 0.3) is 0 Å². The molecule has 0 bridgehead atoms. The van der Waals surface area contributed by atoms with Crippen molar-refractivity contribution in [2.24, 2.45) is 0 Å². The fraction of sp³-hybridized carbons (Fsp3) is 0.625. The molecule has 3 heteroatoms. The van der Waals surface area contributed by atoms with Crippen LogP contribution in [0.15, 0.2) is 16.6 Å². The van der Waals surface area contributed by atoms with Gasteiger partial charge in [0.2, 0.25) is 0 Å². The van der Waals surface area contributed by atoms with Crippen LogP contribution >= 0.6 is 15.9 Å². The topological polar surface area (TPSA) is 12.0 Å². The van der Waals surface area contributed by atoms with E-state index in [1.165, 1.54) is 38.5 Å². The van der Waals surface area contributed by atoms with Crippen LogP contribution in [0.4, 0.5) is 10.1 Å². The molecule has 0 spiro atoms. The van der Waals surface area contributed by atoms with Crippen molar-refractivity contribution in [3.63, 3.8) is 0 Å². The summed E-state index contributed by atoms with van der Waals surface area (Å²) < 4.78 is 14.0. The lowest BCUT2D eigenvalue weighted by Gasteiger charge is -2.10. The van der Waals surface area contributed by atoms with Crippen LogP contribution in [-0.4, -0.2) is 6.54 Å². The number of halogens is 2. The van der Waals surface area contributed by atoms with Gasteiger partial charge in [-0.2, -0.15) is 0 Å². The summed E-state index contributed by atoms with van der Waals surface area (Å²) in [5.41, 5.74) is 1.99. The number of hydrogen-bond acceptors (Lipinski definition) is 1. The third kappa shape index (κ3) is 6.42. The Bertz CT molecular complexity index is 379. The Morgan fingerprint density at radius 2 is 1.68 bits per heavy atom. The van der Waals surface area contributed by atoms with Crippen molar-refractivity contribution in [1.29, 1.82) is 0 Å². The Kier molecular flexibility index (Phi) is 8.11. The van der Waals surface area contributed by atoms with E-state index in [1.54, 1.807) is 6.07 Å². The van der Waals surface area contributed by atoms with Crippen molar-refractivity contribution in [3.8, 4) is 0 Å². The van der Waals surface area contributed by atoms with E-state index in [1.807, 2.05) is 13.0 Å². The van der Waals surface area contributed by atoms with Crippen LogP contribution in [0.5, 0.6) is 0 Å². The van der Waals surface area contributed by atoms with E-state index in [0.29, 0.717) is 4.47 Å². The molecule has 0 radical (unpaired) electrons. The smallest absolute Gasteiger partial charge is 0.139 e. The Balaban J connectivity index is 2.17. The number of hydrogen-bond donors (Lipinski definition) is 1. The van der Waals surface area contributed by atoms with Crippen molar-refractivity contribution in [3.05, 3.63) is 28.0 Å². The number of rotatable bonds is 9. The van der Waals surface area contributed by atoms with E-state index >= 15 is 0 Å². The molecule has 0 fully saturated rings. The van der Waals surface area contributed by atoms with Crippen LogP contribution in [0.3, 0.4) is 0 Å². The van der Waals surface area contributed by atoms with Crippen LogP contribution in [0.1, 0.15) is 57.4 Å². The molecule has 1 aromatic carbocycles. The molecule has 0 unspecified atom stereocenters. The van der Waals surface area contributed by atoms with Crippen LogP contribution in [-0.2, 0) is 0 Å². The van der Waals surface area contributed by atoms with Gasteiger partial charge in [-0.15, -0.1) is 0 Å². The Labute approximate surface area is 125 Å². The molecule has 0 aromatic heterocycles. The predicted molar refractivity (Wildman–Crippen MR) is 85.3 cm³/mol. The fourth-order valence-electron chi connectivity index (χ4n) is 2.14. The first-order chi connectivity index (χ1) is 9.15. The van der Waals surface area contributed by atoms with Gasteiger partial charge in [-0.1, -0.05) is 45.4 Å². The minimum atomic E-state index is -0.201. The first kappa shape index (κ1) is 16.5. The highest BCUT2D eigenvalue weighted by atomic mass is 79.9. The second kappa shape index (κ2) is 9.35. The quantitative estimate of drug-likeness (QED) is 0.543. The summed E-state index contributed by atoms with van der Waals surface area (Å²) in [5.74, 6) is -0.201. The number of aryl methyl sites for hydroxylation is 1. The minimum Gasteiger partial charge on any atom is -0.385 e. The second-order valence-corrected chi connectivity index (χ2v) is 5.98. The number of unbranched alkanes of at least 4 members (excludes halogenated alkanes) is 6. The maximum Gasteiger partial charge on any atom is 0.139 e. The Hall–Kier alpha value is -0.570. The normalized spacial score (nSPS) is 10.7. The lowest BCUT2D eigenvalue weighted by atomic mass is 10.1. The summed E-state index contributed by atoms with van der Waals surface area (Å²) in [4.78, 5) is 0. The SMILES string of the molecule is CCCCCCCCCNc1cc(F)c(Br)cc1C. The van der Waals surface area contributed by atoms with Crippen LogP contribution in [0.25, 0.3) is 0 Å². The van der Waals surface area contributed by atoms with E-state index in [0.717, 1.165) is 24.2 Å². The van der Waals surface area contributed by atoms with Crippen LogP contribution in [0.2, 0.25) is 0 Å². The summed E-state index contributed by atoms with van der Waals surface area (Å²) in [7, 11) is 0. The summed E-state index contributed by atoms with van der Waals surface area (Å²) in [6, 6.07) is 3.39. The Morgan fingerprint density at radius 3 is 2.37 bits per heavy atom. The molecule has 1 N–H and O–H groups in total. The molecule has 1 aromatic rings. The van der Waals surface area contributed by atoms with Gasteiger partial charge >= 0.3 is 0 Å². The molecule has 0 saturated heterocycles. The summed E-state index contributed by atoms with van der Waals surface area (Å²) in [6.45, 7) is 5.16. The van der Waals surface area contributed by atoms with Gasteiger partial charge in [0.05, 0.1) is 4.47 Å². The van der Waals surface area contributed by atoms with Crippen molar-refractivity contribution in [2.75, 3.05) is 11.9 Å². The van der Waals surface area contributed by atoms with Gasteiger partial charge in [0, 0.05) is 12.2 Å². The van der Waals surface area contributed by atoms with Gasteiger partial charge in [-0.3, -0.25) is 0 Å². The lowest BCUT2D eigenvalue weighted by Crippen LogP contribution is -2.03. The molecular formula is C16H25BrFN. The summed E-state index contributed by atoms with van der Waals surface area (Å²) in [6.07, 6.45) is 9.10. The van der Waals surface area contributed by atoms with Crippen molar-refractivity contribution in [2.45, 2.75) is 58.8 Å². The Morgan fingerprint density at radius 1 is 1.05 bits per heavy atom. The van der Waals surface area contributed by atoms with Gasteiger partial charge in [-0.25, -0.2) is 4.39 Å². The minimum absolute atomic E-state index is 0.201. The number of nitrogens with one attached hydrogen (secondary N) is 1. The van der Waals surface area contributed by atoms with E-state index in [9.17, 15) is 4.39 Å². The second-order valence-electron chi connectivity index (χ2n) is 5.13. The van der Waals surface area contributed by atoms with E-state index in [4.69, 9.17) is 0 Å². The molecule has 0 atom stereocenters. The molecule has 0 aliphatic carbocycles. The number of anilines is 1. The standard InChI is InChI=1S/C16H25BrFN/c1-3-4-5-6-7-8-9-10-19-16-12-15(18)14(17)11-13(16)2/h11-12,19H,3-10H2,1-2H3. The average molecular weight is 330 g/mol. The van der Waals surface area contributed by atoms with Gasteiger partial charge in [0.15, 0.2) is 0 Å². The first-order valence-corrected chi connectivity index (χ1v) is 8.14. The average Bonchev–Trinajstić information content (AvgIpc) is 2.38. The zero-order valence-corrected chi connectivity index (χ0v) is 13.7. The fourth-order valence-corrected chi connectivity index (χ4v) is 2.60. The zero-order chi connectivity index (χ0) is 14.1. The summed E-state index contributed by atoms with van der Waals surface area (Å²) >= 11 is 3.20. The molecule has 1 rings (SSSR count). The predicted octanol–water partition coefficient (Wildman–Crippen LogP) is 6.06. The molecule has 0 amide bonds. The maximum absolute atomic E-state index is 13.4. The third-order valence-corrected chi connectivity index (χ3v) is 3.97. The zero-order valence-electron chi connectivity index (χ0n) is 12.1. The van der Waals surface area contributed by atoms with E-state index in [-0.39, 0.29) is 5.82 Å². The molecule has 0 aliphatic heterocycles. The van der Waals surface area contributed by atoms with Crippen molar-refractivity contribution >= 4 is 21.6 Å². The highest BCUT2D eigenvalue weighted by molar-refractivity contribution is 9.10. The molecule has 0 heterocycles. The highest BCUT2D eigenvalue weighted by Gasteiger charge is 2.04. The molecule has 108 valence electrons. The van der Waals surface area contributed by atoms with Crippen molar-refractivity contribution in [1.82, 2.24) is 0 Å². The van der Waals surface area contributed by atoms with Crippen LogP contribution < -0.4 is 5.32 Å². The van der Waals surface area contributed by atoms with Crippen molar-refractivity contribution < 1.29 is 4.39 Å². The van der Waals surface area contributed by atoms with E-state index in [2.05, 4.69) is 28.2 Å².